The molecule has 3 aromatic rings. The van der Waals surface area contributed by atoms with Crippen LogP contribution in [0, 0.1) is 26.7 Å². The molecule has 0 aliphatic carbocycles. The van der Waals surface area contributed by atoms with E-state index in [9.17, 15) is 4.79 Å². The molecule has 0 spiro atoms. The molecule has 0 atom stereocenters. The molecule has 134 valence electrons. The van der Waals surface area contributed by atoms with Gasteiger partial charge in [-0.3, -0.25) is 9.78 Å². The van der Waals surface area contributed by atoms with Crippen LogP contribution in [0.5, 0.6) is 0 Å². The van der Waals surface area contributed by atoms with Gasteiger partial charge in [0.05, 0.1) is 5.69 Å². The summed E-state index contributed by atoms with van der Waals surface area (Å²) >= 11 is 0. The van der Waals surface area contributed by atoms with Crippen LogP contribution in [0.2, 0.25) is 0 Å². The number of carbonyl (C=O) groups is 1. The van der Waals surface area contributed by atoms with Gasteiger partial charge in [0.25, 0.3) is 5.91 Å². The maximum Gasteiger partial charge on any atom is 0.259 e. The average molecular weight is 351 g/mol. The van der Waals surface area contributed by atoms with E-state index in [1.807, 2.05) is 23.2 Å². The molecule has 0 N–H and O–H groups in total. The van der Waals surface area contributed by atoms with E-state index in [2.05, 4.69) is 26.6 Å². The number of nitrogens with zero attached hydrogens (tertiary/aromatic N) is 5. The van der Waals surface area contributed by atoms with Gasteiger partial charge in [-0.2, -0.15) is 0 Å². The molecule has 4 rings (SSSR count). The predicted molar refractivity (Wildman–Crippen MR) is 95.6 cm³/mol. The van der Waals surface area contributed by atoms with Crippen LogP contribution in [0.15, 0.2) is 35.2 Å². The summed E-state index contributed by atoms with van der Waals surface area (Å²) in [6, 6.07) is 3.93. The number of amides is 1. The lowest BCUT2D eigenvalue weighted by Gasteiger charge is -2.39. The molecular weight excluding hydrogens is 330 g/mol. The van der Waals surface area contributed by atoms with Crippen LogP contribution in [0.4, 0.5) is 0 Å². The zero-order chi connectivity index (χ0) is 18.3. The smallest absolute Gasteiger partial charge is 0.259 e. The van der Waals surface area contributed by atoms with E-state index in [1.165, 1.54) is 0 Å². The molecule has 1 aliphatic rings. The van der Waals surface area contributed by atoms with E-state index in [1.54, 1.807) is 26.2 Å². The van der Waals surface area contributed by atoms with E-state index in [0.29, 0.717) is 22.9 Å². The number of rotatable bonds is 4. The summed E-state index contributed by atoms with van der Waals surface area (Å²) in [5, 5.41) is 3.87. The Morgan fingerprint density at radius 3 is 2.62 bits per heavy atom. The van der Waals surface area contributed by atoms with E-state index in [4.69, 9.17) is 4.52 Å². The summed E-state index contributed by atoms with van der Waals surface area (Å²) in [6.07, 6.45) is 5.44. The van der Waals surface area contributed by atoms with E-state index in [-0.39, 0.29) is 5.91 Å². The summed E-state index contributed by atoms with van der Waals surface area (Å²) in [5.74, 6) is 1.95. The third-order valence-corrected chi connectivity index (χ3v) is 4.93. The van der Waals surface area contributed by atoms with Crippen molar-refractivity contribution in [2.75, 3.05) is 13.1 Å². The van der Waals surface area contributed by atoms with Crippen molar-refractivity contribution < 1.29 is 9.32 Å². The van der Waals surface area contributed by atoms with Gasteiger partial charge in [-0.25, -0.2) is 4.98 Å². The maximum atomic E-state index is 12.6. The van der Waals surface area contributed by atoms with Gasteiger partial charge in [-0.1, -0.05) is 5.16 Å². The van der Waals surface area contributed by atoms with Gasteiger partial charge in [0, 0.05) is 55.4 Å². The zero-order valence-electron chi connectivity index (χ0n) is 15.1. The minimum atomic E-state index is 0.00853. The first kappa shape index (κ1) is 16.5. The SMILES string of the molecule is Cc1noc(C)c1C(=O)N1CC(Cn2c(C)cnc2-c2ccncc2)C1. The van der Waals surface area contributed by atoms with Gasteiger partial charge in [0.2, 0.25) is 0 Å². The Morgan fingerprint density at radius 2 is 1.96 bits per heavy atom. The molecule has 0 radical (unpaired) electrons. The molecule has 3 aromatic heterocycles. The predicted octanol–water partition coefficient (Wildman–Crippen LogP) is 2.63. The van der Waals surface area contributed by atoms with Crippen molar-refractivity contribution in [2.45, 2.75) is 27.3 Å². The maximum absolute atomic E-state index is 12.6. The van der Waals surface area contributed by atoms with Gasteiger partial charge in [-0.05, 0) is 32.9 Å². The Labute approximate surface area is 151 Å². The van der Waals surface area contributed by atoms with Crippen LogP contribution < -0.4 is 0 Å². The third kappa shape index (κ3) is 2.79. The number of aryl methyl sites for hydroxylation is 3. The molecule has 7 nitrogen and oxygen atoms in total. The number of hydrogen-bond acceptors (Lipinski definition) is 5. The van der Waals surface area contributed by atoms with Crippen LogP contribution in [0.3, 0.4) is 0 Å². The fourth-order valence-corrected chi connectivity index (χ4v) is 3.48. The highest BCUT2D eigenvalue weighted by Gasteiger charge is 2.34. The summed E-state index contributed by atoms with van der Waals surface area (Å²) < 4.78 is 7.33. The Balaban J connectivity index is 1.45. The number of imidazole rings is 1. The molecule has 1 fully saturated rings. The second kappa shape index (κ2) is 6.40. The number of pyridine rings is 1. The monoisotopic (exact) mass is 351 g/mol. The molecular formula is C19H21N5O2. The van der Waals surface area contributed by atoms with Crippen LogP contribution in [0.25, 0.3) is 11.4 Å². The topological polar surface area (TPSA) is 77.0 Å². The fourth-order valence-electron chi connectivity index (χ4n) is 3.48. The van der Waals surface area contributed by atoms with Gasteiger partial charge < -0.3 is 14.0 Å². The van der Waals surface area contributed by atoms with E-state index < -0.39 is 0 Å². The second-order valence-corrected chi connectivity index (χ2v) is 6.85. The highest BCUT2D eigenvalue weighted by molar-refractivity contribution is 5.96. The lowest BCUT2D eigenvalue weighted by molar-refractivity contribution is 0.0466. The quantitative estimate of drug-likeness (QED) is 0.722. The minimum Gasteiger partial charge on any atom is -0.361 e. The highest BCUT2D eigenvalue weighted by atomic mass is 16.5. The van der Waals surface area contributed by atoms with Gasteiger partial charge in [-0.15, -0.1) is 0 Å². The van der Waals surface area contributed by atoms with Crippen LogP contribution in [-0.2, 0) is 6.54 Å². The third-order valence-electron chi connectivity index (χ3n) is 4.93. The Kier molecular flexibility index (Phi) is 4.06. The summed E-state index contributed by atoms with van der Waals surface area (Å²) in [5.41, 5.74) is 3.42. The van der Waals surface area contributed by atoms with Crippen LogP contribution in [0.1, 0.15) is 27.5 Å². The lowest BCUT2D eigenvalue weighted by atomic mass is 9.98. The summed E-state index contributed by atoms with van der Waals surface area (Å²) in [4.78, 5) is 23.1. The number of carbonyl (C=O) groups excluding carboxylic acids is 1. The number of hydrogen-bond donors (Lipinski definition) is 0. The van der Waals surface area contributed by atoms with Gasteiger partial charge >= 0.3 is 0 Å². The first-order valence-corrected chi connectivity index (χ1v) is 8.69. The van der Waals surface area contributed by atoms with E-state index in [0.717, 1.165) is 36.7 Å². The molecule has 0 aromatic carbocycles. The first-order valence-electron chi connectivity index (χ1n) is 8.69. The molecule has 0 unspecified atom stereocenters. The Hall–Kier alpha value is -2.96. The Morgan fingerprint density at radius 1 is 1.23 bits per heavy atom. The van der Waals surface area contributed by atoms with Crippen LogP contribution >= 0.6 is 0 Å². The summed E-state index contributed by atoms with van der Waals surface area (Å²) in [6.45, 7) is 7.95. The molecule has 7 heteroatoms. The molecule has 0 saturated carbocycles. The molecule has 26 heavy (non-hydrogen) atoms. The largest absolute Gasteiger partial charge is 0.361 e. The van der Waals surface area contributed by atoms with Crippen LogP contribution in [-0.4, -0.2) is 43.6 Å². The van der Waals surface area contributed by atoms with Crippen molar-refractivity contribution in [3.05, 3.63) is 53.4 Å². The minimum absolute atomic E-state index is 0.00853. The molecule has 1 amide bonds. The molecule has 1 aliphatic heterocycles. The first-order chi connectivity index (χ1) is 12.5. The summed E-state index contributed by atoms with van der Waals surface area (Å²) in [7, 11) is 0. The molecule has 4 heterocycles. The van der Waals surface area contributed by atoms with Crippen molar-refractivity contribution in [3.63, 3.8) is 0 Å². The standard InChI is InChI=1S/C19H21N5O2/c1-12-8-21-18(16-4-6-20-7-5-16)24(12)11-15-9-23(10-15)19(25)17-13(2)22-26-14(17)3/h4-8,15H,9-11H2,1-3H3. The number of aromatic nitrogens is 4. The van der Waals surface area contributed by atoms with Crippen molar-refractivity contribution in [1.29, 1.82) is 0 Å². The van der Waals surface area contributed by atoms with Gasteiger partial charge in [0.1, 0.15) is 17.1 Å². The zero-order valence-corrected chi connectivity index (χ0v) is 15.1. The molecule has 1 saturated heterocycles. The number of likely N-dealkylation sites (tertiary alicyclic amines) is 1. The average Bonchev–Trinajstić information content (AvgIpc) is 3.13. The van der Waals surface area contributed by atoms with Crippen molar-refractivity contribution in [2.24, 2.45) is 5.92 Å². The van der Waals surface area contributed by atoms with Crippen molar-refractivity contribution >= 4 is 5.91 Å². The lowest BCUT2D eigenvalue weighted by Crippen LogP contribution is -2.51. The normalized spacial score (nSPS) is 14.5. The Bertz CT molecular complexity index is 919. The van der Waals surface area contributed by atoms with E-state index >= 15 is 0 Å². The van der Waals surface area contributed by atoms with Crippen molar-refractivity contribution in [3.8, 4) is 11.4 Å². The highest BCUT2D eigenvalue weighted by Crippen LogP contribution is 2.26. The fraction of sp³-hybridized carbons (Fsp3) is 0.368. The van der Waals surface area contributed by atoms with Gasteiger partial charge in [0.15, 0.2) is 0 Å². The molecule has 0 bridgehead atoms. The van der Waals surface area contributed by atoms with Crippen molar-refractivity contribution in [1.82, 2.24) is 24.6 Å². The second-order valence-electron chi connectivity index (χ2n) is 6.85.